The van der Waals surface area contributed by atoms with Gasteiger partial charge in [-0.15, -0.1) is 0 Å². The summed E-state index contributed by atoms with van der Waals surface area (Å²) < 4.78 is 27.3. The second kappa shape index (κ2) is 10.1. The molecule has 2 N–H and O–H groups in total. The molecule has 2 aromatic carbocycles. The maximum absolute atomic E-state index is 12.8. The number of allylic oxidation sites excluding steroid dienone is 1. The molecule has 9 heteroatoms. The van der Waals surface area contributed by atoms with Gasteiger partial charge in [0.15, 0.2) is 23.9 Å². The van der Waals surface area contributed by atoms with Crippen LogP contribution in [0.4, 0.5) is 0 Å². The lowest BCUT2D eigenvalue weighted by Crippen LogP contribution is -2.38. The highest BCUT2D eigenvalue weighted by Gasteiger charge is 2.29. The Kier molecular flexibility index (Phi) is 7.21. The molecule has 0 aromatic heterocycles. The number of carbonyl (C=O) groups is 2. The van der Waals surface area contributed by atoms with E-state index in [1.54, 1.807) is 43.3 Å². The van der Waals surface area contributed by atoms with Gasteiger partial charge < -0.3 is 34.1 Å². The van der Waals surface area contributed by atoms with Gasteiger partial charge in [-0.2, -0.15) is 0 Å². The van der Waals surface area contributed by atoms with Crippen LogP contribution in [0.2, 0.25) is 0 Å². The molecule has 1 aliphatic rings. The quantitative estimate of drug-likeness (QED) is 0.568. The highest BCUT2D eigenvalue weighted by atomic mass is 16.5. The number of carbonyl (C=O) groups excluding carboxylic acids is 2. The number of ether oxygens (including phenoxy) is 5. The van der Waals surface area contributed by atoms with Crippen LogP contribution in [-0.4, -0.2) is 57.4 Å². The van der Waals surface area contributed by atoms with E-state index < -0.39 is 0 Å². The van der Waals surface area contributed by atoms with E-state index in [1.807, 2.05) is 0 Å². The lowest BCUT2D eigenvalue weighted by Gasteiger charge is -2.14. The van der Waals surface area contributed by atoms with Gasteiger partial charge in [-0.05, 0) is 37.3 Å². The molecule has 1 unspecified atom stereocenters. The van der Waals surface area contributed by atoms with Crippen molar-refractivity contribution in [2.45, 2.75) is 13.0 Å². The zero-order chi connectivity index (χ0) is 23.3. The number of benzene rings is 2. The average molecular weight is 443 g/mol. The molecule has 1 heterocycles. The summed E-state index contributed by atoms with van der Waals surface area (Å²) in [4.78, 5) is 24.6. The van der Waals surface area contributed by atoms with E-state index >= 15 is 0 Å². The minimum Gasteiger partial charge on any atom is -0.493 e. The predicted molar refractivity (Wildman–Crippen MR) is 116 cm³/mol. The molecule has 1 aliphatic heterocycles. The van der Waals surface area contributed by atoms with E-state index in [9.17, 15) is 9.59 Å². The number of amides is 1. The third-order valence-corrected chi connectivity index (χ3v) is 4.71. The van der Waals surface area contributed by atoms with Gasteiger partial charge in [0.1, 0.15) is 11.5 Å². The molecule has 0 saturated heterocycles. The number of fused-ring (bicyclic) bond motifs is 1. The molecule has 32 heavy (non-hydrogen) atoms. The lowest BCUT2D eigenvalue weighted by atomic mass is 10.1. The van der Waals surface area contributed by atoms with Crippen molar-refractivity contribution in [3.05, 3.63) is 47.2 Å². The van der Waals surface area contributed by atoms with Gasteiger partial charge in [0.25, 0.3) is 5.91 Å². The molecule has 9 nitrogen and oxygen atoms in total. The fourth-order valence-electron chi connectivity index (χ4n) is 3.15. The molecule has 0 spiro atoms. The van der Waals surface area contributed by atoms with Crippen molar-refractivity contribution in [2.75, 3.05) is 34.5 Å². The first-order valence-corrected chi connectivity index (χ1v) is 9.82. The number of rotatable bonds is 9. The van der Waals surface area contributed by atoms with Crippen molar-refractivity contribution >= 4 is 17.8 Å². The SMILES string of the molecule is COc1ccc(C=C2Oc3cc(OCC(=O)NC(C)CO)ccc3C2=O)c(OC)c1OC. The maximum atomic E-state index is 12.8. The van der Waals surface area contributed by atoms with Crippen molar-refractivity contribution in [1.82, 2.24) is 5.32 Å². The zero-order valence-corrected chi connectivity index (χ0v) is 18.3. The Bertz CT molecular complexity index is 1050. The van der Waals surface area contributed by atoms with E-state index in [2.05, 4.69) is 5.32 Å². The van der Waals surface area contributed by atoms with Crippen LogP contribution in [0.3, 0.4) is 0 Å². The van der Waals surface area contributed by atoms with E-state index in [0.29, 0.717) is 39.9 Å². The molecule has 0 bridgehead atoms. The highest BCUT2D eigenvalue weighted by Crippen LogP contribution is 2.42. The summed E-state index contributed by atoms with van der Waals surface area (Å²) in [6, 6.07) is 7.77. The predicted octanol–water partition coefficient (Wildman–Crippen LogP) is 2.20. The third kappa shape index (κ3) is 4.78. The number of aliphatic hydroxyl groups is 1. The fraction of sp³-hybridized carbons (Fsp3) is 0.304. The van der Waals surface area contributed by atoms with Crippen molar-refractivity contribution in [2.24, 2.45) is 0 Å². The third-order valence-electron chi connectivity index (χ3n) is 4.71. The Morgan fingerprint density at radius 2 is 1.88 bits per heavy atom. The molecule has 1 atom stereocenters. The van der Waals surface area contributed by atoms with Crippen LogP contribution >= 0.6 is 0 Å². The number of methoxy groups -OCH3 is 3. The zero-order valence-electron chi connectivity index (χ0n) is 18.3. The molecule has 0 aliphatic carbocycles. The number of ketones is 1. The normalized spacial score (nSPS) is 14.4. The molecule has 0 saturated carbocycles. The van der Waals surface area contributed by atoms with Gasteiger partial charge >= 0.3 is 0 Å². The van der Waals surface area contributed by atoms with E-state index in [1.165, 1.54) is 21.3 Å². The van der Waals surface area contributed by atoms with E-state index in [4.69, 9.17) is 28.8 Å². The lowest BCUT2D eigenvalue weighted by molar-refractivity contribution is -0.124. The number of nitrogens with one attached hydrogen (secondary N) is 1. The van der Waals surface area contributed by atoms with Crippen LogP contribution in [-0.2, 0) is 4.79 Å². The van der Waals surface area contributed by atoms with Crippen LogP contribution in [0.25, 0.3) is 6.08 Å². The maximum Gasteiger partial charge on any atom is 0.258 e. The molecule has 3 rings (SSSR count). The Morgan fingerprint density at radius 1 is 1.12 bits per heavy atom. The van der Waals surface area contributed by atoms with Crippen LogP contribution < -0.4 is 29.0 Å². The van der Waals surface area contributed by atoms with Crippen molar-refractivity contribution in [3.8, 4) is 28.7 Å². The minimum atomic E-state index is -0.370. The van der Waals surface area contributed by atoms with Gasteiger partial charge in [0.2, 0.25) is 11.5 Å². The number of Topliss-reactive ketones (excluding diaryl/α,β-unsaturated/α-hetero) is 1. The summed E-state index contributed by atoms with van der Waals surface area (Å²) in [6.45, 7) is 1.27. The topological polar surface area (TPSA) is 113 Å². The van der Waals surface area contributed by atoms with Crippen molar-refractivity contribution in [3.63, 3.8) is 0 Å². The molecule has 1 amide bonds. The smallest absolute Gasteiger partial charge is 0.258 e. The molecular formula is C23H25NO8. The summed E-state index contributed by atoms with van der Waals surface area (Å²) >= 11 is 0. The van der Waals surface area contributed by atoms with Crippen LogP contribution in [0.15, 0.2) is 36.1 Å². The van der Waals surface area contributed by atoms with Crippen molar-refractivity contribution < 1.29 is 38.4 Å². The van der Waals surface area contributed by atoms with Gasteiger partial charge in [-0.3, -0.25) is 9.59 Å². The number of aliphatic hydroxyl groups excluding tert-OH is 1. The van der Waals surface area contributed by atoms with Crippen molar-refractivity contribution in [1.29, 1.82) is 0 Å². The highest BCUT2D eigenvalue weighted by molar-refractivity contribution is 6.14. The second-order valence-corrected chi connectivity index (χ2v) is 6.96. The Morgan fingerprint density at radius 3 is 2.53 bits per heavy atom. The van der Waals surface area contributed by atoms with Crippen LogP contribution in [0.5, 0.6) is 28.7 Å². The summed E-state index contributed by atoms with van der Waals surface area (Å²) in [5, 5.41) is 11.6. The largest absolute Gasteiger partial charge is 0.493 e. The first kappa shape index (κ1) is 23.0. The monoisotopic (exact) mass is 443 g/mol. The molecule has 0 radical (unpaired) electrons. The Hall–Kier alpha value is -3.72. The molecule has 170 valence electrons. The average Bonchev–Trinajstić information content (AvgIpc) is 3.11. The van der Waals surface area contributed by atoms with Gasteiger partial charge in [-0.25, -0.2) is 0 Å². The molecular weight excluding hydrogens is 418 g/mol. The summed E-state index contributed by atoms with van der Waals surface area (Å²) in [5.74, 6) is 1.43. The van der Waals surface area contributed by atoms with Gasteiger partial charge in [-0.1, -0.05) is 0 Å². The van der Waals surface area contributed by atoms with E-state index in [-0.39, 0.29) is 36.7 Å². The standard InChI is InChI=1S/C23H25NO8/c1-13(11-25)24-20(26)12-31-15-6-7-16-18(10-15)32-19(21(16)27)9-14-5-8-17(28-2)23(30-4)22(14)29-3/h5-10,13,25H,11-12H2,1-4H3,(H,24,26). The number of hydrogen-bond acceptors (Lipinski definition) is 8. The minimum absolute atomic E-state index is 0.109. The number of hydrogen-bond donors (Lipinski definition) is 2. The Labute approximate surface area is 185 Å². The molecule has 2 aromatic rings. The summed E-state index contributed by atoms with van der Waals surface area (Å²) in [6.07, 6.45) is 1.56. The van der Waals surface area contributed by atoms with Gasteiger partial charge in [0.05, 0.1) is 33.5 Å². The summed E-state index contributed by atoms with van der Waals surface area (Å²) in [5.41, 5.74) is 0.953. The van der Waals surface area contributed by atoms with Crippen LogP contribution in [0, 0.1) is 0 Å². The molecule has 0 fully saturated rings. The first-order valence-electron chi connectivity index (χ1n) is 9.82. The van der Waals surface area contributed by atoms with Crippen LogP contribution in [0.1, 0.15) is 22.8 Å². The second-order valence-electron chi connectivity index (χ2n) is 6.96. The summed E-state index contributed by atoms with van der Waals surface area (Å²) in [7, 11) is 4.51. The first-order chi connectivity index (χ1) is 15.4. The Balaban J connectivity index is 1.79. The van der Waals surface area contributed by atoms with E-state index in [0.717, 1.165) is 0 Å². The fourth-order valence-corrected chi connectivity index (χ4v) is 3.15. The van der Waals surface area contributed by atoms with Gasteiger partial charge in [0, 0.05) is 17.7 Å².